The minimum Gasteiger partial charge on any atom is -0.375 e. The highest BCUT2D eigenvalue weighted by Gasteiger charge is 2.41. The van der Waals surface area contributed by atoms with Crippen molar-refractivity contribution >= 4 is 10.0 Å². The van der Waals surface area contributed by atoms with E-state index in [1.807, 2.05) is 0 Å². The Kier molecular flexibility index (Phi) is 4.41. The first-order chi connectivity index (χ1) is 8.15. The lowest BCUT2D eigenvalue weighted by molar-refractivity contribution is -0.0241. The molecule has 0 aromatic carbocycles. The lowest BCUT2D eigenvalue weighted by Gasteiger charge is -2.36. The zero-order valence-electron chi connectivity index (χ0n) is 10.2. The lowest BCUT2D eigenvalue weighted by Crippen LogP contribution is -2.51. The number of morpholine rings is 1. The Morgan fingerprint density at radius 1 is 1.29 bits per heavy atom. The van der Waals surface area contributed by atoms with Crippen molar-refractivity contribution in [1.29, 1.82) is 0 Å². The van der Waals surface area contributed by atoms with Crippen molar-refractivity contribution in [3.63, 3.8) is 0 Å². The number of sulfonamides is 1. The Labute approximate surface area is 103 Å². The normalized spacial score (nSPS) is 30.4. The van der Waals surface area contributed by atoms with Gasteiger partial charge in [-0.1, -0.05) is 0 Å². The molecule has 2 unspecified atom stereocenters. The minimum absolute atomic E-state index is 0.0895. The summed E-state index contributed by atoms with van der Waals surface area (Å²) in [6.45, 7) is 1.62. The van der Waals surface area contributed by atoms with Gasteiger partial charge in [0.05, 0.1) is 24.5 Å². The second-order valence-corrected chi connectivity index (χ2v) is 6.87. The third-order valence-electron chi connectivity index (χ3n) is 3.64. The van der Waals surface area contributed by atoms with Crippen molar-refractivity contribution in [2.45, 2.75) is 44.2 Å². The standard InChI is InChI=1S/C11H22N2O3S/c12-6-1-2-9-17(14,15)13-7-8-16-11-5-3-4-10(11)13/h10-11H,1-9,12H2. The van der Waals surface area contributed by atoms with Crippen LogP contribution < -0.4 is 5.73 Å². The summed E-state index contributed by atoms with van der Waals surface area (Å²) in [6, 6.07) is 0.0895. The Balaban J connectivity index is 1.99. The van der Waals surface area contributed by atoms with Crippen LogP contribution in [-0.4, -0.2) is 50.3 Å². The maximum absolute atomic E-state index is 12.2. The maximum atomic E-state index is 12.2. The maximum Gasteiger partial charge on any atom is 0.214 e. The predicted molar refractivity (Wildman–Crippen MR) is 66.2 cm³/mol. The first kappa shape index (κ1) is 13.3. The summed E-state index contributed by atoms with van der Waals surface area (Å²) in [5.41, 5.74) is 5.39. The van der Waals surface area contributed by atoms with Crippen LogP contribution in [0.4, 0.5) is 0 Å². The Bertz CT molecular complexity index is 345. The van der Waals surface area contributed by atoms with Gasteiger partial charge >= 0.3 is 0 Å². The van der Waals surface area contributed by atoms with E-state index in [4.69, 9.17) is 10.5 Å². The molecular weight excluding hydrogens is 240 g/mol. The molecule has 1 aliphatic heterocycles. The van der Waals surface area contributed by atoms with Crippen molar-refractivity contribution in [2.75, 3.05) is 25.4 Å². The minimum atomic E-state index is -3.11. The number of hydrogen-bond acceptors (Lipinski definition) is 4. The summed E-state index contributed by atoms with van der Waals surface area (Å²) in [7, 11) is -3.11. The molecule has 0 spiro atoms. The van der Waals surface area contributed by atoms with Gasteiger partial charge in [0.2, 0.25) is 10.0 Å². The molecule has 6 heteroatoms. The van der Waals surface area contributed by atoms with Gasteiger partial charge in [-0.2, -0.15) is 4.31 Å². The van der Waals surface area contributed by atoms with Crippen LogP contribution in [0.25, 0.3) is 0 Å². The third kappa shape index (κ3) is 2.99. The van der Waals surface area contributed by atoms with E-state index in [-0.39, 0.29) is 17.9 Å². The van der Waals surface area contributed by atoms with Crippen LogP contribution >= 0.6 is 0 Å². The van der Waals surface area contributed by atoms with E-state index in [1.165, 1.54) is 0 Å². The van der Waals surface area contributed by atoms with Crippen molar-refractivity contribution < 1.29 is 13.2 Å². The Morgan fingerprint density at radius 2 is 2.12 bits per heavy atom. The fraction of sp³-hybridized carbons (Fsp3) is 1.00. The van der Waals surface area contributed by atoms with Gasteiger partial charge in [0.25, 0.3) is 0 Å². The summed E-state index contributed by atoms with van der Waals surface area (Å²) < 4.78 is 31.8. The smallest absolute Gasteiger partial charge is 0.214 e. The van der Waals surface area contributed by atoms with Gasteiger partial charge in [0, 0.05) is 6.54 Å². The number of hydrogen-bond donors (Lipinski definition) is 1. The average molecular weight is 262 g/mol. The molecule has 1 saturated heterocycles. The number of nitrogens with two attached hydrogens (primary N) is 1. The molecule has 5 nitrogen and oxygen atoms in total. The van der Waals surface area contributed by atoms with Gasteiger partial charge in [-0.15, -0.1) is 0 Å². The first-order valence-corrected chi connectivity index (χ1v) is 8.07. The second-order valence-electron chi connectivity index (χ2n) is 4.83. The van der Waals surface area contributed by atoms with E-state index >= 15 is 0 Å². The number of ether oxygens (including phenoxy) is 1. The van der Waals surface area contributed by atoms with Crippen molar-refractivity contribution in [1.82, 2.24) is 4.31 Å². The molecule has 1 saturated carbocycles. The fourth-order valence-corrected chi connectivity index (χ4v) is 4.59. The molecule has 1 aliphatic carbocycles. The highest BCUT2D eigenvalue weighted by molar-refractivity contribution is 7.89. The van der Waals surface area contributed by atoms with Gasteiger partial charge in [0.1, 0.15) is 0 Å². The predicted octanol–water partition coefficient (Wildman–Crippen LogP) is 0.308. The molecule has 2 atom stereocenters. The van der Waals surface area contributed by atoms with E-state index in [0.717, 1.165) is 25.7 Å². The van der Waals surface area contributed by atoms with Crippen LogP contribution in [0.5, 0.6) is 0 Å². The molecule has 2 rings (SSSR count). The van der Waals surface area contributed by atoms with Gasteiger partial charge in [0.15, 0.2) is 0 Å². The molecule has 0 amide bonds. The molecule has 2 N–H and O–H groups in total. The van der Waals surface area contributed by atoms with E-state index in [2.05, 4.69) is 0 Å². The van der Waals surface area contributed by atoms with Crippen LogP contribution in [0, 0.1) is 0 Å². The summed E-state index contributed by atoms with van der Waals surface area (Å²) in [5, 5.41) is 0. The molecular formula is C11H22N2O3S. The van der Waals surface area contributed by atoms with E-state index < -0.39 is 10.0 Å². The monoisotopic (exact) mass is 262 g/mol. The van der Waals surface area contributed by atoms with E-state index in [9.17, 15) is 8.42 Å². The molecule has 0 radical (unpaired) electrons. The second kappa shape index (κ2) is 5.65. The fourth-order valence-electron chi connectivity index (χ4n) is 2.78. The molecule has 2 fully saturated rings. The zero-order chi connectivity index (χ0) is 12.3. The van der Waals surface area contributed by atoms with Crippen LogP contribution in [0.15, 0.2) is 0 Å². The van der Waals surface area contributed by atoms with E-state index in [0.29, 0.717) is 26.1 Å². The number of rotatable bonds is 5. The van der Waals surface area contributed by atoms with Crippen LogP contribution in [0.1, 0.15) is 32.1 Å². The summed E-state index contributed by atoms with van der Waals surface area (Å²) in [6.07, 6.45) is 4.59. The molecule has 17 heavy (non-hydrogen) atoms. The Hall–Kier alpha value is -0.170. The van der Waals surface area contributed by atoms with Crippen LogP contribution in [0.3, 0.4) is 0 Å². The van der Waals surface area contributed by atoms with Gasteiger partial charge < -0.3 is 10.5 Å². The van der Waals surface area contributed by atoms with Gasteiger partial charge in [-0.3, -0.25) is 0 Å². The van der Waals surface area contributed by atoms with Crippen molar-refractivity contribution in [3.05, 3.63) is 0 Å². The van der Waals surface area contributed by atoms with Gasteiger partial charge in [-0.05, 0) is 38.6 Å². The number of unbranched alkanes of at least 4 members (excludes halogenated alkanes) is 1. The highest BCUT2D eigenvalue weighted by atomic mass is 32.2. The molecule has 0 aromatic rings. The largest absolute Gasteiger partial charge is 0.375 e. The molecule has 100 valence electrons. The Morgan fingerprint density at radius 3 is 2.88 bits per heavy atom. The summed E-state index contributed by atoms with van der Waals surface area (Å²) in [4.78, 5) is 0. The molecule has 0 aromatic heterocycles. The lowest BCUT2D eigenvalue weighted by atomic mass is 10.2. The van der Waals surface area contributed by atoms with Gasteiger partial charge in [-0.25, -0.2) is 8.42 Å². The van der Waals surface area contributed by atoms with Crippen molar-refractivity contribution in [2.24, 2.45) is 5.73 Å². The summed E-state index contributed by atoms with van der Waals surface area (Å²) in [5.74, 6) is 0.230. The first-order valence-electron chi connectivity index (χ1n) is 6.46. The van der Waals surface area contributed by atoms with Crippen LogP contribution in [0.2, 0.25) is 0 Å². The third-order valence-corrected chi connectivity index (χ3v) is 5.62. The summed E-state index contributed by atoms with van der Waals surface area (Å²) >= 11 is 0. The quantitative estimate of drug-likeness (QED) is 0.724. The molecule has 1 heterocycles. The number of fused-ring (bicyclic) bond motifs is 1. The number of nitrogens with zero attached hydrogens (tertiary/aromatic N) is 1. The topological polar surface area (TPSA) is 72.6 Å². The van der Waals surface area contributed by atoms with E-state index in [1.54, 1.807) is 4.31 Å². The highest BCUT2D eigenvalue weighted by Crippen LogP contribution is 2.31. The average Bonchev–Trinajstić information content (AvgIpc) is 2.76. The SMILES string of the molecule is NCCCCS(=O)(=O)N1CCOC2CCCC21. The molecule has 0 bridgehead atoms. The van der Waals surface area contributed by atoms with Crippen molar-refractivity contribution in [3.8, 4) is 0 Å². The zero-order valence-corrected chi connectivity index (χ0v) is 11.0. The molecule has 2 aliphatic rings. The van der Waals surface area contributed by atoms with Crippen LogP contribution in [-0.2, 0) is 14.8 Å².